The summed E-state index contributed by atoms with van der Waals surface area (Å²) < 4.78 is 10.8. The van der Waals surface area contributed by atoms with Crippen molar-refractivity contribution < 1.29 is 14.6 Å². The molecule has 2 aromatic rings. The molecule has 1 aliphatic rings. The number of aromatic hydroxyl groups is 1. The van der Waals surface area contributed by atoms with E-state index in [1.54, 1.807) is 7.11 Å². The molecule has 1 fully saturated rings. The summed E-state index contributed by atoms with van der Waals surface area (Å²) in [7, 11) is 1.70. The smallest absolute Gasteiger partial charge is 0.120 e. The Morgan fingerprint density at radius 2 is 1.57 bits per heavy atom. The number of ether oxygens (including phenoxy) is 2. The molecule has 1 aliphatic heterocycles. The fourth-order valence-corrected chi connectivity index (χ4v) is 4.32. The van der Waals surface area contributed by atoms with Gasteiger partial charge in [-0.3, -0.25) is 4.90 Å². The molecule has 1 N–H and O–H groups in total. The molecule has 4 heteroatoms. The van der Waals surface area contributed by atoms with Crippen molar-refractivity contribution in [2.24, 2.45) is 0 Å². The summed E-state index contributed by atoms with van der Waals surface area (Å²) in [5, 5.41) is 10.4. The average molecular weight is 384 g/mol. The monoisotopic (exact) mass is 383 g/mol. The maximum atomic E-state index is 10.4. The largest absolute Gasteiger partial charge is 0.508 e. The first-order valence-corrected chi connectivity index (χ1v) is 10.4. The van der Waals surface area contributed by atoms with E-state index < -0.39 is 0 Å². The zero-order valence-corrected chi connectivity index (χ0v) is 17.4. The van der Waals surface area contributed by atoms with Crippen molar-refractivity contribution in [2.45, 2.75) is 45.1 Å². The topological polar surface area (TPSA) is 41.9 Å². The second-order valence-electron chi connectivity index (χ2n) is 7.58. The second-order valence-corrected chi connectivity index (χ2v) is 7.58. The Bertz CT molecular complexity index is 738. The number of phenols is 1. The van der Waals surface area contributed by atoms with Crippen LogP contribution in [0.15, 0.2) is 42.5 Å². The van der Waals surface area contributed by atoms with Crippen LogP contribution in [0.25, 0.3) is 0 Å². The van der Waals surface area contributed by atoms with Crippen LogP contribution in [0.3, 0.4) is 0 Å². The SMILES string of the molecule is CC[C@H](c1ccc(O)c(CN2CCOCC2)c1)[C@@H](CC)c1ccc(OC)cc1. The van der Waals surface area contributed by atoms with Crippen molar-refractivity contribution in [1.29, 1.82) is 0 Å². The molecule has 152 valence electrons. The van der Waals surface area contributed by atoms with Crippen molar-refractivity contribution in [2.75, 3.05) is 33.4 Å². The Labute approximate surface area is 169 Å². The lowest BCUT2D eigenvalue weighted by molar-refractivity contribution is 0.0339. The zero-order valence-electron chi connectivity index (χ0n) is 17.4. The van der Waals surface area contributed by atoms with Crippen LogP contribution in [0.1, 0.15) is 55.2 Å². The van der Waals surface area contributed by atoms with Crippen molar-refractivity contribution in [3.05, 3.63) is 59.2 Å². The molecule has 4 nitrogen and oxygen atoms in total. The van der Waals surface area contributed by atoms with Crippen LogP contribution in [-0.2, 0) is 11.3 Å². The highest BCUT2D eigenvalue weighted by atomic mass is 16.5. The van der Waals surface area contributed by atoms with Gasteiger partial charge in [0, 0.05) is 25.2 Å². The minimum atomic E-state index is 0.391. The molecule has 1 saturated heterocycles. The normalized spacial score (nSPS) is 17.2. The lowest BCUT2D eigenvalue weighted by Crippen LogP contribution is -2.35. The number of hydrogen-bond donors (Lipinski definition) is 1. The van der Waals surface area contributed by atoms with E-state index in [-0.39, 0.29) is 0 Å². The molecule has 3 rings (SSSR count). The van der Waals surface area contributed by atoms with E-state index in [0.717, 1.165) is 57.0 Å². The Kier molecular flexibility index (Phi) is 7.35. The fraction of sp³-hybridized carbons (Fsp3) is 0.500. The molecule has 0 aliphatic carbocycles. The molecule has 0 spiro atoms. The van der Waals surface area contributed by atoms with Gasteiger partial charge in [0.15, 0.2) is 0 Å². The average Bonchev–Trinajstić information content (AvgIpc) is 2.74. The van der Waals surface area contributed by atoms with E-state index in [2.05, 4.69) is 43.0 Å². The second kappa shape index (κ2) is 9.94. The maximum absolute atomic E-state index is 10.4. The van der Waals surface area contributed by atoms with Crippen molar-refractivity contribution in [3.8, 4) is 11.5 Å². The van der Waals surface area contributed by atoms with Gasteiger partial charge in [-0.15, -0.1) is 0 Å². The summed E-state index contributed by atoms with van der Waals surface area (Å²) in [6.45, 7) is 8.67. The Hall–Kier alpha value is -2.04. The van der Waals surface area contributed by atoms with E-state index >= 15 is 0 Å². The first kappa shape index (κ1) is 20.7. The number of hydrogen-bond acceptors (Lipinski definition) is 4. The highest BCUT2D eigenvalue weighted by molar-refractivity contribution is 5.40. The minimum Gasteiger partial charge on any atom is -0.508 e. The van der Waals surface area contributed by atoms with Crippen LogP contribution in [0.4, 0.5) is 0 Å². The Morgan fingerprint density at radius 1 is 0.964 bits per heavy atom. The number of morpholine rings is 1. The number of benzene rings is 2. The van der Waals surface area contributed by atoms with Crippen LogP contribution in [0.2, 0.25) is 0 Å². The van der Waals surface area contributed by atoms with Gasteiger partial charge in [0.2, 0.25) is 0 Å². The van der Waals surface area contributed by atoms with Crippen LogP contribution in [0.5, 0.6) is 11.5 Å². The van der Waals surface area contributed by atoms with Gasteiger partial charge in [-0.2, -0.15) is 0 Å². The first-order chi connectivity index (χ1) is 13.7. The summed E-state index contributed by atoms with van der Waals surface area (Å²) in [4.78, 5) is 2.35. The van der Waals surface area contributed by atoms with Crippen molar-refractivity contribution in [1.82, 2.24) is 4.90 Å². The lowest BCUT2D eigenvalue weighted by Gasteiger charge is -2.29. The van der Waals surface area contributed by atoms with E-state index in [1.165, 1.54) is 11.1 Å². The molecule has 1 heterocycles. The quantitative estimate of drug-likeness (QED) is 0.702. The molecule has 0 amide bonds. The highest BCUT2D eigenvalue weighted by Crippen LogP contribution is 2.39. The summed E-state index contributed by atoms with van der Waals surface area (Å²) in [6.07, 6.45) is 2.14. The molecule has 0 saturated carbocycles. The van der Waals surface area contributed by atoms with Gasteiger partial charge < -0.3 is 14.6 Å². The Balaban J connectivity index is 1.84. The van der Waals surface area contributed by atoms with Gasteiger partial charge in [0.25, 0.3) is 0 Å². The molecule has 28 heavy (non-hydrogen) atoms. The zero-order chi connectivity index (χ0) is 19.9. The van der Waals surface area contributed by atoms with Gasteiger partial charge >= 0.3 is 0 Å². The number of phenolic OH excluding ortho intramolecular Hbond substituents is 1. The predicted molar refractivity (Wildman–Crippen MR) is 113 cm³/mol. The predicted octanol–water partition coefficient (Wildman–Crippen LogP) is 4.92. The van der Waals surface area contributed by atoms with Gasteiger partial charge in [0.05, 0.1) is 20.3 Å². The molecule has 0 bridgehead atoms. The standard InChI is InChI=1S/C24H33NO3/c1-4-22(18-6-9-21(27-3)10-7-18)23(5-2)19-8-11-24(26)20(16-19)17-25-12-14-28-15-13-25/h6-11,16,22-23,26H,4-5,12-15,17H2,1-3H3/t22-,23+/m0/s1. The van der Waals surface area contributed by atoms with Gasteiger partial charge in [-0.25, -0.2) is 0 Å². The summed E-state index contributed by atoms with van der Waals surface area (Å²) in [5.74, 6) is 2.14. The third-order valence-corrected chi connectivity index (χ3v) is 5.94. The third kappa shape index (κ3) is 4.86. The van der Waals surface area contributed by atoms with Crippen LogP contribution < -0.4 is 4.74 Å². The van der Waals surface area contributed by atoms with E-state index in [0.29, 0.717) is 17.6 Å². The Morgan fingerprint density at radius 3 is 2.18 bits per heavy atom. The molecule has 2 aromatic carbocycles. The highest BCUT2D eigenvalue weighted by Gasteiger charge is 2.23. The van der Waals surface area contributed by atoms with Gasteiger partial charge in [0.1, 0.15) is 11.5 Å². The van der Waals surface area contributed by atoms with Gasteiger partial charge in [-0.1, -0.05) is 38.1 Å². The third-order valence-electron chi connectivity index (χ3n) is 5.94. The van der Waals surface area contributed by atoms with Gasteiger partial charge in [-0.05, 0) is 54.0 Å². The molecule has 0 aromatic heterocycles. The van der Waals surface area contributed by atoms with Crippen molar-refractivity contribution >= 4 is 0 Å². The van der Waals surface area contributed by atoms with E-state index in [9.17, 15) is 5.11 Å². The number of nitrogens with zero attached hydrogens (tertiary/aromatic N) is 1. The van der Waals surface area contributed by atoms with E-state index in [4.69, 9.17) is 9.47 Å². The van der Waals surface area contributed by atoms with E-state index in [1.807, 2.05) is 18.2 Å². The number of methoxy groups -OCH3 is 1. The number of rotatable bonds is 8. The van der Waals surface area contributed by atoms with Crippen LogP contribution in [0, 0.1) is 0 Å². The molecule has 0 radical (unpaired) electrons. The van der Waals surface area contributed by atoms with Crippen LogP contribution in [-0.4, -0.2) is 43.4 Å². The maximum Gasteiger partial charge on any atom is 0.120 e. The molecular formula is C24H33NO3. The van der Waals surface area contributed by atoms with Crippen molar-refractivity contribution in [3.63, 3.8) is 0 Å². The molecular weight excluding hydrogens is 350 g/mol. The fourth-order valence-electron chi connectivity index (χ4n) is 4.32. The summed E-state index contributed by atoms with van der Waals surface area (Å²) in [5.41, 5.74) is 3.67. The van der Waals surface area contributed by atoms with Crippen LogP contribution >= 0.6 is 0 Å². The lowest BCUT2D eigenvalue weighted by atomic mass is 9.78. The first-order valence-electron chi connectivity index (χ1n) is 10.4. The molecule has 0 unspecified atom stereocenters. The minimum absolute atomic E-state index is 0.391. The molecule has 2 atom stereocenters. The summed E-state index contributed by atoms with van der Waals surface area (Å²) >= 11 is 0. The summed E-state index contributed by atoms with van der Waals surface area (Å²) in [6, 6.07) is 14.6.